The fourth-order valence-electron chi connectivity index (χ4n) is 5.57. The van der Waals surface area contributed by atoms with Crippen LogP contribution in [0.3, 0.4) is 0 Å². The van der Waals surface area contributed by atoms with Gasteiger partial charge < -0.3 is 19.3 Å². The van der Waals surface area contributed by atoms with Crippen molar-refractivity contribution >= 4 is 19.8 Å². The minimum atomic E-state index is -4.76. The van der Waals surface area contributed by atoms with E-state index < -0.39 is 32.5 Å². The summed E-state index contributed by atoms with van der Waals surface area (Å²) in [5.41, 5.74) is 0. The number of ether oxygens (including phenoxy) is 2. The molecule has 1 atom stereocenters. The first-order valence-corrected chi connectivity index (χ1v) is 22.8. The molecule has 0 rings (SSSR count). The molecule has 0 saturated carbocycles. The molecule has 0 fully saturated rings. The monoisotopic (exact) mass is 777 g/mol. The van der Waals surface area contributed by atoms with Crippen LogP contribution in [-0.2, 0) is 28.2 Å². The third-order valence-electron chi connectivity index (χ3n) is 8.71. The van der Waals surface area contributed by atoms with E-state index >= 15 is 0 Å². The van der Waals surface area contributed by atoms with Crippen molar-refractivity contribution in [2.24, 2.45) is 0 Å². The molecule has 310 valence electrons. The van der Waals surface area contributed by atoms with Gasteiger partial charge in [-0.3, -0.25) is 14.1 Å². The van der Waals surface area contributed by atoms with E-state index in [2.05, 4.69) is 91.3 Å². The highest BCUT2D eigenvalue weighted by Crippen LogP contribution is 2.36. The average Bonchev–Trinajstić information content (AvgIpc) is 3.14. The van der Waals surface area contributed by atoms with Crippen molar-refractivity contribution in [2.75, 3.05) is 13.2 Å². The second-order valence-electron chi connectivity index (χ2n) is 13.9. The molecule has 9 heteroatoms. The van der Waals surface area contributed by atoms with Crippen LogP contribution in [0.5, 0.6) is 0 Å². The molecule has 0 bridgehead atoms. The molecular weight excluding hydrogens is 699 g/mol. The predicted molar refractivity (Wildman–Crippen MR) is 225 cm³/mol. The summed E-state index contributed by atoms with van der Waals surface area (Å²) in [5, 5.41) is 0. The Balaban J connectivity index is 3.96. The van der Waals surface area contributed by atoms with E-state index in [1.54, 1.807) is 0 Å². The van der Waals surface area contributed by atoms with Gasteiger partial charge >= 0.3 is 19.8 Å². The first kappa shape index (κ1) is 51.5. The van der Waals surface area contributed by atoms with Crippen LogP contribution in [0, 0.1) is 0 Å². The van der Waals surface area contributed by atoms with Crippen molar-refractivity contribution in [3.8, 4) is 0 Å². The van der Waals surface area contributed by atoms with Crippen LogP contribution in [-0.4, -0.2) is 41.0 Å². The molecule has 2 N–H and O–H groups in total. The van der Waals surface area contributed by atoms with Crippen molar-refractivity contribution in [2.45, 2.75) is 187 Å². The summed E-state index contributed by atoms with van der Waals surface area (Å²) < 4.78 is 26.4. The smallest absolute Gasteiger partial charge is 0.462 e. The molecule has 8 nitrogen and oxygen atoms in total. The van der Waals surface area contributed by atoms with Gasteiger partial charge in [0, 0.05) is 12.8 Å². The van der Waals surface area contributed by atoms with E-state index in [1.165, 1.54) is 51.4 Å². The van der Waals surface area contributed by atoms with Gasteiger partial charge in [0.2, 0.25) is 0 Å². The van der Waals surface area contributed by atoms with Crippen LogP contribution in [0.25, 0.3) is 0 Å². The van der Waals surface area contributed by atoms with Gasteiger partial charge in [-0.25, -0.2) is 4.57 Å². The lowest BCUT2D eigenvalue weighted by molar-refractivity contribution is -0.161. The number of carbonyl (C=O) groups excluding carboxylic acids is 2. The molecule has 0 aliphatic heterocycles. The fraction of sp³-hybridized carbons (Fsp3) is 0.689. The van der Waals surface area contributed by atoms with Crippen molar-refractivity contribution in [1.82, 2.24) is 0 Å². The van der Waals surface area contributed by atoms with E-state index in [-0.39, 0.29) is 19.4 Å². The highest BCUT2D eigenvalue weighted by Gasteiger charge is 2.22. The number of hydrogen-bond donors (Lipinski definition) is 2. The van der Waals surface area contributed by atoms with Gasteiger partial charge in [-0.2, -0.15) is 0 Å². The second-order valence-corrected chi connectivity index (χ2v) is 15.2. The number of phosphoric acid groups is 1. The second kappa shape index (κ2) is 40.2. The van der Waals surface area contributed by atoms with Crippen molar-refractivity contribution in [3.63, 3.8) is 0 Å². The topological polar surface area (TPSA) is 119 Å². The Morgan fingerprint density at radius 1 is 0.500 bits per heavy atom. The first-order valence-electron chi connectivity index (χ1n) is 21.2. The number of hydrogen-bond acceptors (Lipinski definition) is 6. The van der Waals surface area contributed by atoms with Crippen LogP contribution in [0.1, 0.15) is 181 Å². The summed E-state index contributed by atoms with van der Waals surface area (Å²) in [6.45, 7) is 3.52. The van der Waals surface area contributed by atoms with E-state index in [1.807, 2.05) is 0 Å². The minimum Gasteiger partial charge on any atom is -0.462 e. The van der Waals surface area contributed by atoms with Crippen LogP contribution < -0.4 is 0 Å². The Morgan fingerprint density at radius 3 is 1.33 bits per heavy atom. The zero-order valence-corrected chi connectivity index (χ0v) is 35.0. The highest BCUT2D eigenvalue weighted by atomic mass is 31.2. The zero-order chi connectivity index (χ0) is 39.6. The average molecular weight is 777 g/mol. The Bertz CT molecular complexity index is 1100. The lowest BCUT2D eigenvalue weighted by atomic mass is 10.1. The fourth-order valence-corrected chi connectivity index (χ4v) is 5.93. The molecule has 0 aliphatic rings. The number of unbranched alkanes of at least 4 members (excludes halogenated alkanes) is 16. The molecule has 0 amide bonds. The molecular formula is C45H77O8P. The van der Waals surface area contributed by atoms with Gasteiger partial charge in [0.05, 0.1) is 6.61 Å². The molecule has 0 spiro atoms. The maximum Gasteiger partial charge on any atom is 0.469 e. The predicted octanol–water partition coefficient (Wildman–Crippen LogP) is 13.1. The Hall–Kier alpha value is -2.51. The Labute approximate surface area is 329 Å². The third kappa shape index (κ3) is 42.2. The zero-order valence-electron chi connectivity index (χ0n) is 34.1. The van der Waals surface area contributed by atoms with Gasteiger partial charge in [-0.15, -0.1) is 0 Å². The number of esters is 2. The van der Waals surface area contributed by atoms with Gasteiger partial charge in [-0.1, -0.05) is 157 Å². The van der Waals surface area contributed by atoms with E-state index in [0.29, 0.717) is 12.8 Å². The summed E-state index contributed by atoms with van der Waals surface area (Å²) in [6.07, 6.45) is 51.9. The summed E-state index contributed by atoms with van der Waals surface area (Å²) in [4.78, 5) is 42.9. The van der Waals surface area contributed by atoms with Crippen LogP contribution in [0.4, 0.5) is 0 Å². The minimum absolute atomic E-state index is 0.196. The number of carbonyl (C=O) groups is 2. The maximum absolute atomic E-state index is 12.4. The lowest BCUT2D eigenvalue weighted by Gasteiger charge is -2.18. The Kier molecular flexibility index (Phi) is 38.3. The first-order chi connectivity index (χ1) is 26.3. The normalized spacial score (nSPS) is 13.2. The standard InChI is InChI=1S/C45H77O8P/c1-3-5-7-9-11-13-15-17-19-20-21-22-23-24-26-28-30-32-34-36-38-40-45(47)53-43(42-52-54(48,49)50)41-51-44(46)39-37-35-33-31-29-27-25-18-16-14-12-10-8-6-4-2/h5,7,11-14,17-19,21-22,25,43H,3-4,6,8-10,15-16,20,23-24,26-42H2,1-2H3,(H2,48,49,50)/b7-5-,13-11-,14-12-,19-17-,22-21-,25-18-. The molecule has 0 aliphatic carbocycles. The Morgan fingerprint density at radius 2 is 0.889 bits per heavy atom. The summed E-state index contributed by atoms with van der Waals surface area (Å²) in [7, 11) is -4.76. The quantitative estimate of drug-likeness (QED) is 0.0275. The summed E-state index contributed by atoms with van der Waals surface area (Å²) >= 11 is 0. The molecule has 54 heavy (non-hydrogen) atoms. The van der Waals surface area contributed by atoms with Gasteiger partial charge in [0.25, 0.3) is 0 Å². The third-order valence-corrected chi connectivity index (χ3v) is 9.19. The van der Waals surface area contributed by atoms with Crippen LogP contribution in [0.2, 0.25) is 0 Å². The number of phosphoric ester groups is 1. The van der Waals surface area contributed by atoms with Crippen molar-refractivity contribution in [1.29, 1.82) is 0 Å². The molecule has 0 aromatic heterocycles. The van der Waals surface area contributed by atoms with E-state index in [9.17, 15) is 14.2 Å². The highest BCUT2D eigenvalue weighted by molar-refractivity contribution is 7.46. The SMILES string of the molecule is CC/C=C\C/C=C\C/C=C\C/C=C\CCCCCCCCCCC(=O)OC(COC(=O)CCCCCCC/C=C\C/C=C\CCCCC)COP(=O)(O)O. The van der Waals surface area contributed by atoms with E-state index in [0.717, 1.165) is 89.9 Å². The largest absolute Gasteiger partial charge is 0.469 e. The number of allylic oxidation sites excluding steroid dienone is 12. The lowest BCUT2D eigenvalue weighted by Crippen LogP contribution is -2.29. The van der Waals surface area contributed by atoms with Gasteiger partial charge in [0.1, 0.15) is 6.61 Å². The molecule has 1 unspecified atom stereocenters. The summed E-state index contributed by atoms with van der Waals surface area (Å²) in [5.74, 6) is -0.914. The van der Waals surface area contributed by atoms with Crippen LogP contribution in [0.15, 0.2) is 72.9 Å². The van der Waals surface area contributed by atoms with Crippen molar-refractivity contribution in [3.05, 3.63) is 72.9 Å². The number of rotatable bonds is 38. The maximum atomic E-state index is 12.4. The van der Waals surface area contributed by atoms with Crippen molar-refractivity contribution < 1.29 is 37.9 Å². The van der Waals surface area contributed by atoms with Gasteiger partial charge in [-0.05, 0) is 83.5 Å². The van der Waals surface area contributed by atoms with E-state index in [4.69, 9.17) is 19.3 Å². The molecule has 0 saturated heterocycles. The van der Waals surface area contributed by atoms with Crippen LogP contribution >= 0.6 is 7.82 Å². The van der Waals surface area contributed by atoms with Gasteiger partial charge in [0.15, 0.2) is 6.10 Å². The molecule has 0 heterocycles. The molecule has 0 aromatic carbocycles. The molecule has 0 aromatic rings. The molecule has 0 radical (unpaired) electrons. The summed E-state index contributed by atoms with van der Waals surface area (Å²) in [6, 6.07) is 0.